The summed E-state index contributed by atoms with van der Waals surface area (Å²) in [4.78, 5) is 20.4. The van der Waals surface area contributed by atoms with Gasteiger partial charge in [0.1, 0.15) is 4.88 Å². The monoisotopic (exact) mass is 341 g/mol. The zero-order valence-electron chi connectivity index (χ0n) is 10.7. The average molecular weight is 341 g/mol. The second-order valence-corrected chi connectivity index (χ2v) is 6.17. The van der Waals surface area contributed by atoms with Gasteiger partial charge < -0.3 is 9.47 Å². The Morgan fingerprint density at radius 1 is 1.43 bits per heavy atom. The number of isocyanates is 1. The van der Waals surface area contributed by atoms with Gasteiger partial charge in [-0.05, 0) is 13.8 Å². The van der Waals surface area contributed by atoms with E-state index in [1.165, 1.54) is 13.8 Å². The number of ether oxygens (including phenoxy) is 2. The first kappa shape index (κ1) is 17.2. The number of carbonyl (C=O) groups is 1. The molecule has 0 spiro atoms. The van der Waals surface area contributed by atoms with Crippen molar-refractivity contribution in [2.45, 2.75) is 31.5 Å². The molecule has 1 aromatic rings. The van der Waals surface area contributed by atoms with Gasteiger partial charge in [0.05, 0.1) is 6.10 Å². The highest BCUT2D eigenvalue weighted by molar-refractivity contribution is 7.90. The summed E-state index contributed by atoms with van der Waals surface area (Å²) in [5, 5.41) is 0.885. The topological polar surface area (TPSA) is 99.1 Å². The van der Waals surface area contributed by atoms with Crippen molar-refractivity contribution < 1.29 is 36.3 Å². The third kappa shape index (κ3) is 4.31. The van der Waals surface area contributed by atoms with Gasteiger partial charge in [0.2, 0.25) is 0 Å². The molecule has 0 aliphatic heterocycles. The number of nitrogens with zero attached hydrogens (tertiary/aromatic N) is 1. The number of hydrogen-bond acceptors (Lipinski definition) is 7. The van der Waals surface area contributed by atoms with Crippen molar-refractivity contribution in [3.8, 4) is 5.75 Å². The maximum absolute atomic E-state index is 12.3. The van der Waals surface area contributed by atoms with Gasteiger partial charge in [-0.3, -0.25) is 0 Å². The van der Waals surface area contributed by atoms with Crippen LogP contribution in [0.5, 0.6) is 5.75 Å². The van der Waals surface area contributed by atoms with Gasteiger partial charge in [-0.25, -0.2) is 9.59 Å². The first-order valence-electron chi connectivity index (χ1n) is 5.30. The maximum Gasteiger partial charge on any atom is 0.387 e. The molecule has 0 bridgehead atoms. The van der Waals surface area contributed by atoms with Crippen LogP contribution in [-0.4, -0.2) is 33.2 Å². The van der Waals surface area contributed by atoms with Crippen molar-refractivity contribution in [2.24, 2.45) is 4.40 Å². The molecule has 21 heavy (non-hydrogen) atoms. The molecule has 0 saturated heterocycles. The molecule has 0 N–H and O–H groups in total. The minimum atomic E-state index is -4.70. The molecule has 0 radical (unpaired) electrons. The largest absolute Gasteiger partial charge is 0.459 e. The summed E-state index contributed by atoms with van der Waals surface area (Å²) in [5.41, 5.74) is 0. The fourth-order valence-corrected chi connectivity index (χ4v) is 3.41. The Morgan fingerprint density at radius 3 is 2.52 bits per heavy atom. The van der Waals surface area contributed by atoms with Gasteiger partial charge in [0.25, 0.3) is 16.1 Å². The van der Waals surface area contributed by atoms with E-state index in [2.05, 4.69) is 9.13 Å². The molecular formula is C10H9F2NO6S2. The lowest BCUT2D eigenvalue weighted by molar-refractivity contribution is -0.0515. The summed E-state index contributed by atoms with van der Waals surface area (Å²) in [5.74, 6) is -1.84. The number of sulfonamides is 1. The molecule has 0 aromatic carbocycles. The van der Waals surface area contributed by atoms with Crippen LogP contribution in [0, 0.1) is 0 Å². The van der Waals surface area contributed by atoms with Gasteiger partial charge in [-0.2, -0.15) is 17.2 Å². The predicted molar refractivity (Wildman–Crippen MR) is 66.8 cm³/mol. The molecule has 1 rings (SSSR count). The summed E-state index contributed by atoms with van der Waals surface area (Å²) >= 11 is 0.519. The van der Waals surface area contributed by atoms with E-state index >= 15 is 0 Å². The van der Waals surface area contributed by atoms with E-state index in [9.17, 15) is 26.8 Å². The van der Waals surface area contributed by atoms with Crippen LogP contribution in [0.25, 0.3) is 0 Å². The van der Waals surface area contributed by atoms with Crippen molar-refractivity contribution >= 4 is 33.4 Å². The van der Waals surface area contributed by atoms with E-state index in [4.69, 9.17) is 4.74 Å². The van der Waals surface area contributed by atoms with Gasteiger partial charge in [0, 0.05) is 5.38 Å². The fourth-order valence-electron chi connectivity index (χ4n) is 1.26. The molecule has 0 amide bonds. The van der Waals surface area contributed by atoms with E-state index < -0.39 is 44.2 Å². The summed E-state index contributed by atoms with van der Waals surface area (Å²) in [6.07, 6.45) is 0.215. The molecule has 1 heterocycles. The van der Waals surface area contributed by atoms with Gasteiger partial charge in [0.15, 0.2) is 10.6 Å². The van der Waals surface area contributed by atoms with Crippen molar-refractivity contribution in [3.05, 3.63) is 10.3 Å². The number of carbonyl (C=O) groups excluding carboxylic acids is 2. The van der Waals surface area contributed by atoms with Crippen molar-refractivity contribution in [1.29, 1.82) is 0 Å². The van der Waals surface area contributed by atoms with Gasteiger partial charge >= 0.3 is 12.6 Å². The SMILES string of the molecule is CC(C)OC(=O)c1scc(OC(F)F)c1S(=O)(=O)N=C=O. The molecule has 0 aliphatic carbocycles. The van der Waals surface area contributed by atoms with Crippen LogP contribution in [-0.2, 0) is 19.6 Å². The molecule has 0 aliphatic rings. The lowest BCUT2D eigenvalue weighted by atomic mass is 10.4. The predicted octanol–water partition coefficient (Wildman–Crippen LogP) is 1.94. The number of alkyl halides is 2. The Kier molecular flexibility index (Phi) is 5.53. The summed E-state index contributed by atoms with van der Waals surface area (Å²) in [7, 11) is -4.70. The number of hydrogen-bond donors (Lipinski definition) is 0. The third-order valence-electron chi connectivity index (χ3n) is 1.87. The molecule has 7 nitrogen and oxygen atoms in total. The van der Waals surface area contributed by atoms with Crippen LogP contribution in [0.4, 0.5) is 8.78 Å². The van der Waals surface area contributed by atoms with Gasteiger partial charge in [-0.1, -0.05) is 4.40 Å². The van der Waals surface area contributed by atoms with E-state index in [0.717, 1.165) is 11.5 Å². The molecule has 11 heteroatoms. The van der Waals surface area contributed by atoms with Crippen molar-refractivity contribution in [1.82, 2.24) is 0 Å². The maximum atomic E-state index is 12.3. The minimum Gasteiger partial charge on any atom is -0.459 e. The van der Waals surface area contributed by atoms with Gasteiger partial charge in [-0.15, -0.1) is 11.3 Å². The van der Waals surface area contributed by atoms with E-state index in [-0.39, 0.29) is 0 Å². The lowest BCUT2D eigenvalue weighted by Gasteiger charge is -2.08. The zero-order valence-corrected chi connectivity index (χ0v) is 12.3. The van der Waals surface area contributed by atoms with E-state index in [0.29, 0.717) is 11.3 Å². The second-order valence-electron chi connectivity index (χ2n) is 3.75. The van der Waals surface area contributed by atoms with Crippen LogP contribution >= 0.6 is 11.3 Å². The number of thiophene rings is 1. The molecule has 0 saturated carbocycles. The summed E-state index contributed by atoms with van der Waals surface area (Å²) in [6, 6.07) is 0. The van der Waals surface area contributed by atoms with Crippen LogP contribution in [0.1, 0.15) is 23.5 Å². The first-order chi connectivity index (χ1) is 9.69. The smallest absolute Gasteiger partial charge is 0.387 e. The highest BCUT2D eigenvalue weighted by atomic mass is 32.2. The second kappa shape index (κ2) is 6.74. The van der Waals surface area contributed by atoms with E-state index in [1.54, 1.807) is 0 Å². The lowest BCUT2D eigenvalue weighted by Crippen LogP contribution is -2.14. The van der Waals surface area contributed by atoms with Crippen LogP contribution < -0.4 is 4.74 Å². The minimum absolute atomic E-state index is 0.515. The fraction of sp³-hybridized carbons (Fsp3) is 0.400. The Balaban J connectivity index is 3.43. The van der Waals surface area contributed by atoms with Crippen molar-refractivity contribution in [2.75, 3.05) is 0 Å². The molecule has 116 valence electrons. The highest BCUT2D eigenvalue weighted by Gasteiger charge is 2.32. The quantitative estimate of drug-likeness (QED) is 0.445. The summed E-state index contributed by atoms with van der Waals surface area (Å²) in [6.45, 7) is -0.289. The molecule has 0 fully saturated rings. The number of halogens is 2. The first-order valence-corrected chi connectivity index (χ1v) is 7.62. The Hall–Kier alpha value is -1.84. The Morgan fingerprint density at radius 2 is 2.05 bits per heavy atom. The number of rotatable bonds is 6. The average Bonchev–Trinajstić information content (AvgIpc) is 2.71. The third-order valence-corrected chi connectivity index (χ3v) is 4.18. The normalized spacial score (nSPS) is 11.3. The van der Waals surface area contributed by atoms with E-state index in [1.807, 2.05) is 0 Å². The van der Waals surface area contributed by atoms with Crippen LogP contribution in [0.3, 0.4) is 0 Å². The standard InChI is InChI=1S/C10H9F2NO6S2/c1-5(2)18-9(15)7-8(21(16,17)13-4-14)6(3-20-7)19-10(11)12/h3,5,10H,1-2H3. The molecule has 0 atom stereocenters. The summed E-state index contributed by atoms with van der Waals surface area (Å²) < 4.78 is 59.4. The number of esters is 1. The zero-order chi connectivity index (χ0) is 16.2. The van der Waals surface area contributed by atoms with Crippen molar-refractivity contribution in [3.63, 3.8) is 0 Å². The van der Waals surface area contributed by atoms with Crippen LogP contribution in [0.2, 0.25) is 0 Å². The molecule has 0 unspecified atom stereocenters. The highest BCUT2D eigenvalue weighted by Crippen LogP contribution is 2.36. The van der Waals surface area contributed by atoms with Crippen LogP contribution in [0.15, 0.2) is 14.7 Å². The molecule has 1 aromatic heterocycles. The Labute approximate surface area is 122 Å². The Bertz CT molecular complexity index is 676. The molecular weight excluding hydrogens is 332 g/mol.